The zero-order valence-electron chi connectivity index (χ0n) is 11.8. The molecule has 0 atom stereocenters. The van der Waals surface area contributed by atoms with Gasteiger partial charge in [0.15, 0.2) is 0 Å². The van der Waals surface area contributed by atoms with Crippen LogP contribution in [0.25, 0.3) is 10.9 Å². The van der Waals surface area contributed by atoms with Gasteiger partial charge in [-0.05, 0) is 18.2 Å². The number of halogens is 1. The lowest BCUT2D eigenvalue weighted by atomic mass is 10.1. The zero-order chi connectivity index (χ0) is 14.8. The maximum atomic E-state index is 13.8. The first-order valence-corrected chi connectivity index (χ1v) is 6.74. The Morgan fingerprint density at radius 1 is 1.10 bits per heavy atom. The second kappa shape index (κ2) is 5.40. The number of hydrogen-bond donors (Lipinski definition) is 1. The predicted molar refractivity (Wildman–Crippen MR) is 84.7 cm³/mol. The van der Waals surface area contributed by atoms with Gasteiger partial charge in [-0.25, -0.2) is 4.39 Å². The molecule has 0 aliphatic heterocycles. The number of fused-ring (bicyclic) bond motifs is 1. The van der Waals surface area contributed by atoms with Gasteiger partial charge in [0.2, 0.25) is 0 Å². The van der Waals surface area contributed by atoms with E-state index in [4.69, 9.17) is 5.73 Å². The fourth-order valence-electron chi connectivity index (χ4n) is 2.48. The summed E-state index contributed by atoms with van der Waals surface area (Å²) in [5, 5.41) is 0.969. The molecule has 106 valence electrons. The van der Waals surface area contributed by atoms with E-state index in [2.05, 4.69) is 4.98 Å². The number of nitrogens with zero attached hydrogens (tertiary/aromatic N) is 2. The van der Waals surface area contributed by atoms with Gasteiger partial charge < -0.3 is 10.6 Å². The van der Waals surface area contributed by atoms with Crippen molar-refractivity contribution in [2.75, 3.05) is 17.7 Å². The van der Waals surface area contributed by atoms with E-state index in [1.807, 2.05) is 42.3 Å². The highest BCUT2D eigenvalue weighted by Crippen LogP contribution is 2.28. The van der Waals surface area contributed by atoms with Gasteiger partial charge in [-0.15, -0.1) is 0 Å². The molecule has 4 heteroatoms. The van der Waals surface area contributed by atoms with Gasteiger partial charge in [-0.1, -0.05) is 30.3 Å². The number of nitrogen functional groups attached to an aromatic ring is 1. The van der Waals surface area contributed by atoms with Crippen LogP contribution in [-0.2, 0) is 6.54 Å². The van der Waals surface area contributed by atoms with Crippen LogP contribution in [0, 0.1) is 5.82 Å². The average molecular weight is 281 g/mol. The van der Waals surface area contributed by atoms with Crippen LogP contribution in [0.3, 0.4) is 0 Å². The van der Waals surface area contributed by atoms with Crippen molar-refractivity contribution in [3.8, 4) is 0 Å². The highest BCUT2D eigenvalue weighted by molar-refractivity contribution is 5.97. The average Bonchev–Trinajstić information content (AvgIpc) is 2.49. The summed E-state index contributed by atoms with van der Waals surface area (Å²) in [6, 6.07) is 14.4. The van der Waals surface area contributed by atoms with Gasteiger partial charge >= 0.3 is 0 Å². The van der Waals surface area contributed by atoms with Crippen LogP contribution in [0.2, 0.25) is 0 Å². The Morgan fingerprint density at radius 2 is 1.90 bits per heavy atom. The monoisotopic (exact) mass is 281 g/mol. The first kappa shape index (κ1) is 13.4. The molecule has 0 aliphatic rings. The Kier molecular flexibility index (Phi) is 3.44. The lowest BCUT2D eigenvalue weighted by molar-refractivity contribution is 0.608. The number of nitrogens with two attached hydrogens (primary N) is 1. The fourth-order valence-corrected chi connectivity index (χ4v) is 2.48. The highest BCUT2D eigenvalue weighted by Gasteiger charge is 2.10. The maximum Gasteiger partial charge on any atom is 0.128 e. The molecule has 3 aromatic rings. The standard InChI is InChI=1S/C17H16FN3/c1-21(11-12-5-2-3-7-14(12)18)16-9-10-20-17-13(16)6-4-8-15(17)19/h2-10H,11,19H2,1H3. The smallest absolute Gasteiger partial charge is 0.128 e. The first-order chi connectivity index (χ1) is 10.2. The number of hydrogen-bond acceptors (Lipinski definition) is 3. The second-order valence-corrected chi connectivity index (χ2v) is 5.02. The van der Waals surface area contributed by atoms with Gasteiger partial charge in [0.25, 0.3) is 0 Å². The molecule has 21 heavy (non-hydrogen) atoms. The Balaban J connectivity index is 2.01. The predicted octanol–water partition coefficient (Wildman–Crippen LogP) is 3.59. The lowest BCUT2D eigenvalue weighted by Crippen LogP contribution is -2.17. The van der Waals surface area contributed by atoms with Gasteiger partial charge in [-0.2, -0.15) is 0 Å². The van der Waals surface area contributed by atoms with E-state index >= 15 is 0 Å². The Labute approximate surface area is 122 Å². The third kappa shape index (κ3) is 2.52. The van der Waals surface area contributed by atoms with Gasteiger partial charge in [0.05, 0.1) is 11.2 Å². The van der Waals surface area contributed by atoms with Crippen molar-refractivity contribution in [1.29, 1.82) is 0 Å². The first-order valence-electron chi connectivity index (χ1n) is 6.74. The summed E-state index contributed by atoms with van der Waals surface area (Å²) in [5.41, 5.74) is 9.02. The van der Waals surface area contributed by atoms with Crippen LogP contribution in [0.4, 0.5) is 15.8 Å². The van der Waals surface area contributed by atoms with Gasteiger partial charge in [0, 0.05) is 36.4 Å². The second-order valence-electron chi connectivity index (χ2n) is 5.02. The van der Waals surface area contributed by atoms with Crippen LogP contribution in [0.15, 0.2) is 54.7 Å². The maximum absolute atomic E-state index is 13.8. The highest BCUT2D eigenvalue weighted by atomic mass is 19.1. The molecule has 0 spiro atoms. The molecule has 0 bridgehead atoms. The molecular weight excluding hydrogens is 265 g/mol. The van der Waals surface area contributed by atoms with E-state index in [-0.39, 0.29) is 5.82 Å². The summed E-state index contributed by atoms with van der Waals surface area (Å²) in [7, 11) is 1.93. The van der Waals surface area contributed by atoms with Crippen molar-refractivity contribution in [2.45, 2.75) is 6.54 Å². The summed E-state index contributed by atoms with van der Waals surface area (Å²) in [4.78, 5) is 6.32. The number of aromatic nitrogens is 1. The molecule has 1 aromatic heterocycles. The minimum atomic E-state index is -0.192. The normalized spacial score (nSPS) is 10.8. The SMILES string of the molecule is CN(Cc1ccccc1F)c1ccnc2c(N)cccc12. The van der Waals surface area contributed by atoms with Crippen molar-refractivity contribution in [3.63, 3.8) is 0 Å². The zero-order valence-corrected chi connectivity index (χ0v) is 11.8. The van der Waals surface area contributed by atoms with Crippen molar-refractivity contribution in [2.24, 2.45) is 0 Å². The molecule has 0 saturated carbocycles. The topological polar surface area (TPSA) is 42.2 Å². The summed E-state index contributed by atoms with van der Waals surface area (Å²) in [6.45, 7) is 0.487. The molecule has 0 saturated heterocycles. The third-order valence-corrected chi connectivity index (χ3v) is 3.56. The molecule has 3 rings (SSSR count). The van der Waals surface area contributed by atoms with E-state index < -0.39 is 0 Å². The van der Waals surface area contributed by atoms with E-state index in [0.717, 1.165) is 16.6 Å². The molecule has 2 N–H and O–H groups in total. The van der Waals surface area contributed by atoms with Crippen LogP contribution in [0.1, 0.15) is 5.56 Å². The van der Waals surface area contributed by atoms with Crippen LogP contribution in [0.5, 0.6) is 0 Å². The van der Waals surface area contributed by atoms with E-state index in [9.17, 15) is 4.39 Å². The van der Waals surface area contributed by atoms with Crippen LogP contribution >= 0.6 is 0 Å². The number of para-hydroxylation sites is 1. The Morgan fingerprint density at radius 3 is 2.71 bits per heavy atom. The van der Waals surface area contributed by atoms with Crippen LogP contribution in [-0.4, -0.2) is 12.0 Å². The summed E-state index contributed by atoms with van der Waals surface area (Å²) in [6.07, 6.45) is 1.73. The molecule has 0 unspecified atom stereocenters. The van der Waals surface area contributed by atoms with E-state index in [0.29, 0.717) is 17.8 Å². The largest absolute Gasteiger partial charge is 0.397 e. The Hall–Kier alpha value is -2.62. The molecule has 0 radical (unpaired) electrons. The molecule has 0 amide bonds. The van der Waals surface area contributed by atoms with Crippen molar-refractivity contribution >= 4 is 22.3 Å². The summed E-state index contributed by atoms with van der Waals surface area (Å²) < 4.78 is 13.8. The molecule has 3 nitrogen and oxygen atoms in total. The molecule has 0 aliphatic carbocycles. The van der Waals surface area contributed by atoms with Crippen molar-refractivity contribution < 1.29 is 4.39 Å². The molecule has 1 heterocycles. The lowest BCUT2D eigenvalue weighted by Gasteiger charge is -2.21. The number of rotatable bonds is 3. The quantitative estimate of drug-likeness (QED) is 0.746. The molecular formula is C17H16FN3. The molecule has 0 fully saturated rings. The summed E-state index contributed by atoms with van der Waals surface area (Å²) in [5.74, 6) is -0.192. The number of anilines is 2. The molecule has 2 aromatic carbocycles. The number of benzene rings is 2. The fraction of sp³-hybridized carbons (Fsp3) is 0.118. The van der Waals surface area contributed by atoms with Crippen molar-refractivity contribution in [1.82, 2.24) is 4.98 Å². The number of pyridine rings is 1. The van der Waals surface area contributed by atoms with E-state index in [1.165, 1.54) is 6.07 Å². The van der Waals surface area contributed by atoms with E-state index in [1.54, 1.807) is 18.3 Å². The Bertz CT molecular complexity index is 786. The third-order valence-electron chi connectivity index (χ3n) is 3.56. The minimum Gasteiger partial charge on any atom is -0.397 e. The van der Waals surface area contributed by atoms with Crippen molar-refractivity contribution in [3.05, 3.63) is 66.1 Å². The minimum absolute atomic E-state index is 0.192. The summed E-state index contributed by atoms with van der Waals surface area (Å²) >= 11 is 0. The van der Waals surface area contributed by atoms with Gasteiger partial charge in [-0.3, -0.25) is 4.98 Å². The van der Waals surface area contributed by atoms with Gasteiger partial charge in [0.1, 0.15) is 5.82 Å². The van der Waals surface area contributed by atoms with Crippen LogP contribution < -0.4 is 10.6 Å².